The average molecular weight is 305 g/mol. The number of benzene rings is 1. The lowest BCUT2D eigenvalue weighted by atomic mass is 9.92. The van der Waals surface area contributed by atoms with Gasteiger partial charge in [0.05, 0.1) is 0 Å². The third-order valence-electron chi connectivity index (χ3n) is 4.12. The molecule has 1 atom stereocenters. The summed E-state index contributed by atoms with van der Waals surface area (Å²) in [4.78, 5) is 23.3. The molecule has 22 heavy (non-hydrogen) atoms. The van der Waals surface area contributed by atoms with Crippen molar-refractivity contribution < 1.29 is 19.4 Å². The first kappa shape index (κ1) is 16.3. The Hall–Kier alpha value is -2.04. The molecule has 0 spiro atoms. The largest absolute Gasteiger partial charge is 0.480 e. The molecular weight excluding hydrogens is 282 g/mol. The Morgan fingerprint density at radius 3 is 2.36 bits per heavy atom. The van der Waals surface area contributed by atoms with Crippen molar-refractivity contribution in [1.29, 1.82) is 0 Å². The lowest BCUT2D eigenvalue weighted by molar-refractivity contribution is -0.141. The summed E-state index contributed by atoms with van der Waals surface area (Å²) in [7, 11) is 0. The molecule has 0 aromatic heterocycles. The van der Waals surface area contributed by atoms with Crippen LogP contribution in [0.2, 0.25) is 0 Å². The summed E-state index contributed by atoms with van der Waals surface area (Å²) in [5.74, 6) is -0.993. The van der Waals surface area contributed by atoms with Crippen molar-refractivity contribution in [2.45, 2.75) is 51.2 Å². The van der Waals surface area contributed by atoms with E-state index in [-0.39, 0.29) is 12.5 Å². The van der Waals surface area contributed by atoms with Gasteiger partial charge in [0.2, 0.25) is 0 Å². The predicted molar refractivity (Wildman–Crippen MR) is 82.4 cm³/mol. The highest BCUT2D eigenvalue weighted by Gasteiger charge is 2.30. The van der Waals surface area contributed by atoms with Crippen LogP contribution in [-0.2, 0) is 16.1 Å². The minimum absolute atomic E-state index is 0.00993. The van der Waals surface area contributed by atoms with E-state index in [0.717, 1.165) is 44.1 Å². The quantitative estimate of drug-likeness (QED) is 0.818. The molecule has 1 amide bonds. The van der Waals surface area contributed by atoms with Gasteiger partial charge < -0.3 is 15.2 Å². The molecule has 5 heteroatoms. The van der Waals surface area contributed by atoms with E-state index in [1.807, 2.05) is 30.3 Å². The fourth-order valence-electron chi connectivity index (χ4n) is 2.92. The zero-order chi connectivity index (χ0) is 15.8. The zero-order valence-electron chi connectivity index (χ0n) is 12.7. The van der Waals surface area contributed by atoms with Crippen LogP contribution in [0.3, 0.4) is 0 Å². The molecule has 5 nitrogen and oxygen atoms in total. The minimum Gasteiger partial charge on any atom is -0.480 e. The number of carbonyl (C=O) groups excluding carboxylic acids is 1. The second-order valence-corrected chi connectivity index (χ2v) is 5.77. The molecule has 2 N–H and O–H groups in total. The van der Waals surface area contributed by atoms with Crippen molar-refractivity contribution in [3.63, 3.8) is 0 Å². The first-order chi connectivity index (χ1) is 10.7. The van der Waals surface area contributed by atoms with Crippen molar-refractivity contribution in [3.05, 3.63) is 35.9 Å². The fraction of sp³-hybridized carbons (Fsp3) is 0.529. The number of nitrogens with one attached hydrogen (secondary N) is 1. The molecule has 120 valence electrons. The molecule has 1 aromatic carbocycles. The number of alkyl carbamates (subject to hydrolysis) is 1. The second-order valence-electron chi connectivity index (χ2n) is 5.77. The van der Waals surface area contributed by atoms with Crippen LogP contribution < -0.4 is 5.32 Å². The Morgan fingerprint density at radius 2 is 1.77 bits per heavy atom. The number of rotatable bonds is 5. The Labute approximate surface area is 130 Å². The van der Waals surface area contributed by atoms with Crippen molar-refractivity contribution >= 4 is 12.1 Å². The van der Waals surface area contributed by atoms with Gasteiger partial charge >= 0.3 is 12.1 Å². The van der Waals surface area contributed by atoms with Crippen LogP contribution in [0.4, 0.5) is 4.79 Å². The summed E-state index contributed by atoms with van der Waals surface area (Å²) in [6.07, 6.45) is 5.35. The molecule has 1 aromatic rings. The number of carboxylic acids is 1. The highest BCUT2D eigenvalue weighted by Crippen LogP contribution is 2.25. The number of ether oxygens (including phenoxy) is 1. The molecule has 1 fully saturated rings. The minimum atomic E-state index is -0.983. The normalized spacial score (nSPS) is 17.3. The van der Waals surface area contributed by atoms with Crippen LogP contribution in [0.1, 0.15) is 44.1 Å². The maximum Gasteiger partial charge on any atom is 0.408 e. The van der Waals surface area contributed by atoms with Crippen LogP contribution in [-0.4, -0.2) is 23.2 Å². The average Bonchev–Trinajstić information content (AvgIpc) is 2.80. The molecule has 0 unspecified atom stereocenters. The van der Waals surface area contributed by atoms with Crippen molar-refractivity contribution in [2.24, 2.45) is 5.92 Å². The third-order valence-corrected chi connectivity index (χ3v) is 4.12. The molecule has 1 aliphatic rings. The van der Waals surface area contributed by atoms with Crippen LogP contribution >= 0.6 is 0 Å². The summed E-state index contributed by atoms with van der Waals surface area (Å²) < 4.78 is 5.12. The SMILES string of the molecule is O=C(N[C@H](C(=O)O)C1CCCCCC1)OCc1ccccc1. The van der Waals surface area contributed by atoms with E-state index in [2.05, 4.69) is 5.32 Å². The number of carbonyl (C=O) groups is 2. The van der Waals surface area contributed by atoms with Gasteiger partial charge in [-0.1, -0.05) is 56.0 Å². The summed E-state index contributed by atoms with van der Waals surface area (Å²) in [5, 5.41) is 11.9. The van der Waals surface area contributed by atoms with Gasteiger partial charge in [-0.2, -0.15) is 0 Å². The molecular formula is C17H23NO4. The number of hydrogen-bond acceptors (Lipinski definition) is 3. The van der Waals surface area contributed by atoms with E-state index >= 15 is 0 Å². The topological polar surface area (TPSA) is 75.6 Å². The van der Waals surface area contributed by atoms with E-state index in [4.69, 9.17) is 4.74 Å². The van der Waals surface area contributed by atoms with Gasteiger partial charge in [0.15, 0.2) is 0 Å². The fourth-order valence-corrected chi connectivity index (χ4v) is 2.92. The lowest BCUT2D eigenvalue weighted by Gasteiger charge is -2.23. The van der Waals surface area contributed by atoms with Crippen LogP contribution in [0, 0.1) is 5.92 Å². The summed E-state index contributed by atoms with van der Waals surface area (Å²) in [6.45, 7) is 0.143. The van der Waals surface area contributed by atoms with Gasteiger partial charge in [-0.15, -0.1) is 0 Å². The van der Waals surface area contributed by atoms with Crippen molar-refractivity contribution in [1.82, 2.24) is 5.32 Å². The first-order valence-corrected chi connectivity index (χ1v) is 7.87. The Bertz CT molecular complexity index is 481. The summed E-state index contributed by atoms with van der Waals surface area (Å²) in [6, 6.07) is 8.46. The van der Waals surface area contributed by atoms with Gasteiger partial charge in [-0.3, -0.25) is 0 Å². The summed E-state index contributed by atoms with van der Waals surface area (Å²) in [5.41, 5.74) is 0.874. The number of aliphatic carboxylic acids is 1. The zero-order valence-corrected chi connectivity index (χ0v) is 12.7. The van der Waals surface area contributed by atoms with Gasteiger partial charge in [-0.25, -0.2) is 9.59 Å². The van der Waals surface area contributed by atoms with Crippen molar-refractivity contribution in [3.8, 4) is 0 Å². The van der Waals surface area contributed by atoms with E-state index in [1.165, 1.54) is 0 Å². The molecule has 1 aliphatic carbocycles. The second kappa shape index (κ2) is 8.41. The number of amides is 1. The Balaban J connectivity index is 1.87. The van der Waals surface area contributed by atoms with Gasteiger partial charge in [-0.05, 0) is 24.3 Å². The van der Waals surface area contributed by atoms with E-state index in [1.54, 1.807) is 0 Å². The van der Waals surface area contributed by atoms with E-state index in [0.29, 0.717) is 0 Å². The number of carboxylic acid groups (broad SMARTS) is 1. The standard InChI is InChI=1S/C17H23NO4/c19-16(20)15(14-10-6-1-2-7-11-14)18-17(21)22-12-13-8-4-3-5-9-13/h3-5,8-9,14-15H,1-2,6-7,10-12H2,(H,18,21)(H,19,20)/t15-/m0/s1. The molecule has 0 bridgehead atoms. The molecule has 0 saturated heterocycles. The Morgan fingerprint density at radius 1 is 1.14 bits per heavy atom. The highest BCUT2D eigenvalue weighted by atomic mass is 16.5. The van der Waals surface area contributed by atoms with Crippen LogP contribution in [0.15, 0.2) is 30.3 Å². The van der Waals surface area contributed by atoms with Crippen LogP contribution in [0.25, 0.3) is 0 Å². The molecule has 2 rings (SSSR count). The van der Waals surface area contributed by atoms with Gasteiger partial charge in [0.25, 0.3) is 0 Å². The number of hydrogen-bond donors (Lipinski definition) is 2. The maximum atomic E-state index is 11.9. The monoisotopic (exact) mass is 305 g/mol. The van der Waals surface area contributed by atoms with E-state index in [9.17, 15) is 14.7 Å². The predicted octanol–water partition coefficient (Wildman–Crippen LogP) is 3.34. The van der Waals surface area contributed by atoms with E-state index < -0.39 is 18.1 Å². The van der Waals surface area contributed by atoms with Gasteiger partial charge in [0.1, 0.15) is 12.6 Å². The van der Waals surface area contributed by atoms with Gasteiger partial charge in [0, 0.05) is 0 Å². The first-order valence-electron chi connectivity index (χ1n) is 7.87. The molecule has 0 aliphatic heterocycles. The van der Waals surface area contributed by atoms with Crippen LogP contribution in [0.5, 0.6) is 0 Å². The molecule has 0 radical (unpaired) electrons. The van der Waals surface area contributed by atoms with Crippen molar-refractivity contribution in [2.75, 3.05) is 0 Å². The molecule has 0 heterocycles. The smallest absolute Gasteiger partial charge is 0.408 e. The third kappa shape index (κ3) is 5.06. The molecule has 1 saturated carbocycles. The highest BCUT2D eigenvalue weighted by molar-refractivity contribution is 5.80. The maximum absolute atomic E-state index is 11.9. The Kier molecular flexibility index (Phi) is 6.25. The summed E-state index contributed by atoms with van der Waals surface area (Å²) >= 11 is 0. The lowest BCUT2D eigenvalue weighted by Crippen LogP contribution is -2.46.